The van der Waals surface area contributed by atoms with E-state index in [0.29, 0.717) is 31.5 Å². The summed E-state index contributed by atoms with van der Waals surface area (Å²) in [7, 11) is -3.05. The SMILES string of the molecule is Cc1cc(C)cc(C(=O)N2CCC(S(=O)(=O)CC(C)C)CC2)c1. The van der Waals surface area contributed by atoms with Crippen LogP contribution >= 0.6 is 0 Å². The van der Waals surface area contributed by atoms with E-state index in [4.69, 9.17) is 0 Å². The number of amides is 1. The van der Waals surface area contributed by atoms with E-state index >= 15 is 0 Å². The van der Waals surface area contributed by atoms with Gasteiger partial charge in [0.15, 0.2) is 9.84 Å². The lowest BCUT2D eigenvalue weighted by Crippen LogP contribution is -2.43. The van der Waals surface area contributed by atoms with Crippen molar-refractivity contribution in [3.8, 4) is 0 Å². The summed E-state index contributed by atoms with van der Waals surface area (Å²) in [5.74, 6) is 0.398. The molecule has 0 bridgehead atoms. The average Bonchev–Trinajstić information content (AvgIpc) is 2.44. The van der Waals surface area contributed by atoms with Gasteiger partial charge in [-0.25, -0.2) is 8.42 Å². The summed E-state index contributed by atoms with van der Waals surface area (Å²) in [5.41, 5.74) is 2.84. The molecule has 1 fully saturated rings. The standard InChI is InChI=1S/C18H27NO3S/c1-13(2)12-23(21,22)17-5-7-19(8-6-17)18(20)16-10-14(3)9-15(4)11-16/h9-11,13,17H,5-8,12H2,1-4H3. The molecule has 0 spiro atoms. The van der Waals surface area contributed by atoms with Gasteiger partial charge in [0.25, 0.3) is 5.91 Å². The zero-order valence-corrected chi connectivity index (χ0v) is 15.3. The fraction of sp³-hybridized carbons (Fsp3) is 0.611. The molecule has 2 rings (SSSR count). The van der Waals surface area contributed by atoms with E-state index in [1.54, 1.807) is 4.90 Å². The van der Waals surface area contributed by atoms with Gasteiger partial charge in [0.05, 0.1) is 11.0 Å². The van der Waals surface area contributed by atoms with Crippen molar-refractivity contribution < 1.29 is 13.2 Å². The summed E-state index contributed by atoms with van der Waals surface area (Å²) in [6, 6.07) is 5.84. The van der Waals surface area contributed by atoms with E-state index in [1.807, 2.05) is 45.9 Å². The van der Waals surface area contributed by atoms with Crippen LogP contribution in [0.3, 0.4) is 0 Å². The second-order valence-electron chi connectivity index (χ2n) is 7.09. The number of carbonyl (C=O) groups excluding carboxylic acids is 1. The molecular weight excluding hydrogens is 310 g/mol. The van der Waals surface area contributed by atoms with Gasteiger partial charge in [0, 0.05) is 18.7 Å². The molecule has 4 nitrogen and oxygen atoms in total. The molecule has 0 atom stereocenters. The molecule has 1 heterocycles. The van der Waals surface area contributed by atoms with E-state index in [1.165, 1.54) is 0 Å². The first-order chi connectivity index (χ1) is 10.7. The van der Waals surface area contributed by atoms with Crippen molar-refractivity contribution in [3.63, 3.8) is 0 Å². The van der Waals surface area contributed by atoms with Crippen LogP contribution in [0.2, 0.25) is 0 Å². The smallest absolute Gasteiger partial charge is 0.253 e. The van der Waals surface area contributed by atoms with Gasteiger partial charge in [0.2, 0.25) is 0 Å². The predicted octanol–water partition coefficient (Wildman–Crippen LogP) is 2.98. The number of rotatable bonds is 4. The van der Waals surface area contributed by atoms with Crippen molar-refractivity contribution in [2.24, 2.45) is 5.92 Å². The number of carbonyl (C=O) groups is 1. The summed E-state index contributed by atoms with van der Waals surface area (Å²) in [6.07, 6.45) is 1.09. The molecule has 0 saturated carbocycles. The highest BCUT2D eigenvalue weighted by molar-refractivity contribution is 7.92. The minimum atomic E-state index is -3.05. The number of benzene rings is 1. The molecule has 23 heavy (non-hydrogen) atoms. The largest absolute Gasteiger partial charge is 0.339 e. The predicted molar refractivity (Wildman–Crippen MR) is 93.5 cm³/mol. The zero-order chi connectivity index (χ0) is 17.2. The number of hydrogen-bond acceptors (Lipinski definition) is 3. The van der Waals surface area contributed by atoms with Crippen molar-refractivity contribution in [3.05, 3.63) is 34.9 Å². The highest BCUT2D eigenvalue weighted by Gasteiger charge is 2.32. The number of aryl methyl sites for hydroxylation is 2. The van der Waals surface area contributed by atoms with Crippen LogP contribution in [-0.2, 0) is 9.84 Å². The first kappa shape index (κ1) is 18.0. The quantitative estimate of drug-likeness (QED) is 0.849. The third-order valence-corrected chi connectivity index (χ3v) is 6.89. The Kier molecular flexibility index (Phi) is 5.50. The summed E-state index contributed by atoms with van der Waals surface area (Å²) in [4.78, 5) is 14.4. The number of likely N-dealkylation sites (tertiary alicyclic amines) is 1. The van der Waals surface area contributed by atoms with Gasteiger partial charge in [-0.2, -0.15) is 0 Å². The van der Waals surface area contributed by atoms with Crippen molar-refractivity contribution in [1.29, 1.82) is 0 Å². The molecule has 1 aromatic carbocycles. The van der Waals surface area contributed by atoms with Crippen molar-refractivity contribution in [2.45, 2.75) is 45.8 Å². The van der Waals surface area contributed by atoms with Gasteiger partial charge in [-0.3, -0.25) is 4.79 Å². The molecule has 0 aliphatic carbocycles. The van der Waals surface area contributed by atoms with Gasteiger partial charge in [-0.05, 0) is 44.7 Å². The van der Waals surface area contributed by atoms with Crippen LogP contribution in [0.1, 0.15) is 48.2 Å². The monoisotopic (exact) mass is 337 g/mol. The molecular formula is C18H27NO3S. The second-order valence-corrected chi connectivity index (χ2v) is 9.42. The Labute approximate surface area is 139 Å². The van der Waals surface area contributed by atoms with Gasteiger partial charge < -0.3 is 4.90 Å². The molecule has 1 saturated heterocycles. The third kappa shape index (κ3) is 4.56. The minimum Gasteiger partial charge on any atom is -0.339 e. The van der Waals surface area contributed by atoms with Crippen LogP contribution in [0.5, 0.6) is 0 Å². The minimum absolute atomic E-state index is 0.0107. The summed E-state index contributed by atoms with van der Waals surface area (Å²) >= 11 is 0. The van der Waals surface area contributed by atoms with E-state index < -0.39 is 9.84 Å². The first-order valence-corrected chi connectivity index (χ1v) is 9.99. The summed E-state index contributed by atoms with van der Waals surface area (Å²) < 4.78 is 24.7. The molecule has 0 aromatic heterocycles. The molecule has 1 aliphatic heterocycles. The maximum Gasteiger partial charge on any atom is 0.253 e. The Morgan fingerprint density at radius 3 is 2.13 bits per heavy atom. The van der Waals surface area contributed by atoms with Gasteiger partial charge in [-0.1, -0.05) is 31.0 Å². The first-order valence-electron chi connectivity index (χ1n) is 8.28. The van der Waals surface area contributed by atoms with Gasteiger partial charge >= 0.3 is 0 Å². The van der Waals surface area contributed by atoms with Crippen LogP contribution in [-0.4, -0.2) is 43.3 Å². The van der Waals surface area contributed by atoms with Crippen molar-refractivity contribution in [1.82, 2.24) is 4.90 Å². The highest BCUT2D eigenvalue weighted by Crippen LogP contribution is 2.22. The Morgan fingerprint density at radius 2 is 1.65 bits per heavy atom. The Morgan fingerprint density at radius 1 is 1.13 bits per heavy atom. The van der Waals surface area contributed by atoms with Crippen LogP contribution < -0.4 is 0 Å². The molecule has 0 unspecified atom stereocenters. The van der Waals surface area contributed by atoms with E-state index in [9.17, 15) is 13.2 Å². The molecule has 5 heteroatoms. The van der Waals surface area contributed by atoms with E-state index in [2.05, 4.69) is 0 Å². The van der Waals surface area contributed by atoms with Gasteiger partial charge in [0.1, 0.15) is 0 Å². The molecule has 1 aliphatic rings. The molecule has 1 aromatic rings. The normalized spacial score (nSPS) is 16.8. The fourth-order valence-electron chi connectivity index (χ4n) is 3.30. The summed E-state index contributed by atoms with van der Waals surface area (Å²) in [5, 5.41) is -0.298. The lowest BCUT2D eigenvalue weighted by Gasteiger charge is -2.32. The average molecular weight is 337 g/mol. The lowest BCUT2D eigenvalue weighted by molar-refractivity contribution is 0.0725. The number of piperidine rings is 1. The van der Waals surface area contributed by atoms with E-state index in [0.717, 1.165) is 11.1 Å². The molecule has 1 amide bonds. The molecule has 128 valence electrons. The number of nitrogens with zero attached hydrogens (tertiary/aromatic N) is 1. The third-order valence-electron chi connectivity index (χ3n) is 4.27. The fourth-order valence-corrected chi connectivity index (χ4v) is 5.43. The van der Waals surface area contributed by atoms with Crippen LogP contribution in [0.15, 0.2) is 18.2 Å². The van der Waals surface area contributed by atoms with Gasteiger partial charge in [-0.15, -0.1) is 0 Å². The zero-order valence-electron chi connectivity index (χ0n) is 14.5. The number of hydrogen-bond donors (Lipinski definition) is 0. The Balaban J connectivity index is 2.03. The van der Waals surface area contributed by atoms with Crippen LogP contribution in [0.4, 0.5) is 0 Å². The van der Waals surface area contributed by atoms with Crippen molar-refractivity contribution >= 4 is 15.7 Å². The molecule has 0 radical (unpaired) electrons. The van der Waals surface area contributed by atoms with E-state index in [-0.39, 0.29) is 22.8 Å². The number of sulfone groups is 1. The topological polar surface area (TPSA) is 54.5 Å². The molecule has 0 N–H and O–H groups in total. The van der Waals surface area contributed by atoms with Crippen molar-refractivity contribution in [2.75, 3.05) is 18.8 Å². The maximum atomic E-state index is 12.6. The Bertz CT molecular complexity index is 651. The maximum absolute atomic E-state index is 12.6. The Hall–Kier alpha value is -1.36. The van der Waals surface area contributed by atoms with Crippen LogP contribution in [0, 0.1) is 19.8 Å². The lowest BCUT2D eigenvalue weighted by atomic mass is 10.0. The van der Waals surface area contributed by atoms with Crippen LogP contribution in [0.25, 0.3) is 0 Å². The summed E-state index contributed by atoms with van der Waals surface area (Å²) in [6.45, 7) is 8.86. The second kappa shape index (κ2) is 7.04. The highest BCUT2D eigenvalue weighted by atomic mass is 32.2.